The number of hydrogen-bond acceptors (Lipinski definition) is 6. The van der Waals surface area contributed by atoms with Gasteiger partial charge >= 0.3 is 11.9 Å². The summed E-state index contributed by atoms with van der Waals surface area (Å²) in [5.74, 6) is -0.166. The molecule has 0 aliphatic heterocycles. The number of ether oxygens (including phenoxy) is 2. The number of benzene rings is 2. The van der Waals surface area contributed by atoms with Crippen molar-refractivity contribution >= 4 is 34.0 Å². The van der Waals surface area contributed by atoms with Crippen LogP contribution in [0.4, 0.5) is 0 Å². The molecule has 0 atom stereocenters. The first kappa shape index (κ1) is 13.9. The third kappa shape index (κ3) is 2.58. The van der Waals surface area contributed by atoms with Gasteiger partial charge in [0.2, 0.25) is 0 Å². The Balaban J connectivity index is 2.26. The van der Waals surface area contributed by atoms with Crippen molar-refractivity contribution in [3.05, 3.63) is 36.4 Å². The van der Waals surface area contributed by atoms with Crippen LogP contribution in [-0.4, -0.2) is 21.9 Å². The molecule has 2 aromatic carbocycles. The maximum atomic E-state index is 11.2. The summed E-state index contributed by atoms with van der Waals surface area (Å²) in [7, 11) is 0. The summed E-state index contributed by atoms with van der Waals surface area (Å²) >= 11 is 0. The molecule has 22 heavy (non-hydrogen) atoms. The number of aromatic nitrogens is 2. The lowest BCUT2D eigenvalue weighted by atomic mass is 10.2. The van der Waals surface area contributed by atoms with Crippen LogP contribution in [0.5, 0.6) is 11.5 Å². The maximum absolute atomic E-state index is 11.2. The number of carbonyl (C=O) groups is 2. The fourth-order valence-electron chi connectivity index (χ4n) is 2.14. The van der Waals surface area contributed by atoms with E-state index in [1.54, 1.807) is 36.4 Å². The van der Waals surface area contributed by atoms with Crippen molar-refractivity contribution in [3.63, 3.8) is 0 Å². The van der Waals surface area contributed by atoms with Crippen molar-refractivity contribution < 1.29 is 19.1 Å². The van der Waals surface area contributed by atoms with Gasteiger partial charge in [-0.05, 0) is 24.3 Å². The van der Waals surface area contributed by atoms with Gasteiger partial charge in [-0.3, -0.25) is 9.59 Å². The molecular formula is C16H12N2O4. The van der Waals surface area contributed by atoms with E-state index in [-0.39, 0.29) is 0 Å². The van der Waals surface area contributed by atoms with E-state index in [1.807, 2.05) is 0 Å². The number of esters is 2. The molecule has 0 bridgehead atoms. The van der Waals surface area contributed by atoms with Gasteiger partial charge in [0.25, 0.3) is 0 Å². The normalized spacial score (nSPS) is 10.6. The van der Waals surface area contributed by atoms with E-state index in [4.69, 9.17) is 9.47 Å². The molecule has 0 aliphatic rings. The molecule has 110 valence electrons. The Hall–Kier alpha value is -3.02. The summed E-state index contributed by atoms with van der Waals surface area (Å²) in [5.41, 5.74) is 2.05. The van der Waals surface area contributed by atoms with Gasteiger partial charge in [0.1, 0.15) is 11.0 Å². The van der Waals surface area contributed by atoms with E-state index in [9.17, 15) is 9.59 Å². The Morgan fingerprint density at radius 1 is 0.773 bits per heavy atom. The fraction of sp³-hybridized carbons (Fsp3) is 0.125. The fourth-order valence-corrected chi connectivity index (χ4v) is 2.14. The Morgan fingerprint density at radius 2 is 1.18 bits per heavy atom. The zero-order valence-electron chi connectivity index (χ0n) is 12.0. The molecule has 0 N–H and O–H groups in total. The molecule has 0 fully saturated rings. The summed E-state index contributed by atoms with van der Waals surface area (Å²) in [6, 6.07) is 10.2. The minimum absolute atomic E-state index is 0.345. The molecule has 6 heteroatoms. The van der Waals surface area contributed by atoms with Gasteiger partial charge in [0.15, 0.2) is 11.5 Å². The van der Waals surface area contributed by atoms with Crippen LogP contribution >= 0.6 is 0 Å². The predicted molar refractivity (Wildman–Crippen MR) is 79.7 cm³/mol. The van der Waals surface area contributed by atoms with Crippen LogP contribution in [0.15, 0.2) is 36.4 Å². The van der Waals surface area contributed by atoms with E-state index < -0.39 is 11.9 Å². The van der Waals surface area contributed by atoms with Crippen LogP contribution < -0.4 is 9.47 Å². The Kier molecular flexibility index (Phi) is 3.42. The number of para-hydroxylation sites is 2. The van der Waals surface area contributed by atoms with Gasteiger partial charge in [-0.1, -0.05) is 12.1 Å². The van der Waals surface area contributed by atoms with Crippen molar-refractivity contribution in [1.82, 2.24) is 9.97 Å². The quantitative estimate of drug-likeness (QED) is 0.411. The highest BCUT2D eigenvalue weighted by molar-refractivity contribution is 5.93. The number of fused-ring (bicyclic) bond motifs is 2. The summed E-state index contributed by atoms with van der Waals surface area (Å²) in [6.45, 7) is 2.65. The number of rotatable bonds is 2. The lowest BCUT2D eigenvalue weighted by molar-refractivity contribution is -0.132. The summed E-state index contributed by atoms with van der Waals surface area (Å²) in [6.07, 6.45) is 0. The number of carbonyl (C=O) groups excluding carboxylic acids is 2. The smallest absolute Gasteiger partial charge is 0.308 e. The number of nitrogens with zero attached hydrogens (tertiary/aromatic N) is 2. The van der Waals surface area contributed by atoms with Crippen LogP contribution in [0.3, 0.4) is 0 Å². The van der Waals surface area contributed by atoms with E-state index >= 15 is 0 Å². The molecule has 3 aromatic rings. The molecule has 0 saturated carbocycles. The lowest BCUT2D eigenvalue weighted by Crippen LogP contribution is -2.04. The molecule has 1 aromatic heterocycles. The molecule has 3 rings (SSSR count). The van der Waals surface area contributed by atoms with E-state index in [0.29, 0.717) is 33.6 Å². The zero-order chi connectivity index (χ0) is 15.7. The molecular weight excluding hydrogens is 284 g/mol. The molecule has 0 radical (unpaired) electrons. The van der Waals surface area contributed by atoms with Crippen LogP contribution in [0, 0.1) is 0 Å². The maximum Gasteiger partial charge on any atom is 0.308 e. The van der Waals surface area contributed by atoms with Crippen molar-refractivity contribution in [3.8, 4) is 11.5 Å². The third-order valence-electron chi connectivity index (χ3n) is 2.93. The van der Waals surface area contributed by atoms with Gasteiger partial charge in [0, 0.05) is 13.8 Å². The minimum atomic E-state index is -0.428. The van der Waals surface area contributed by atoms with Crippen LogP contribution in [-0.2, 0) is 9.59 Å². The van der Waals surface area contributed by atoms with Crippen LogP contribution in [0.25, 0.3) is 22.1 Å². The molecule has 6 nitrogen and oxygen atoms in total. The van der Waals surface area contributed by atoms with Crippen molar-refractivity contribution in [2.45, 2.75) is 13.8 Å². The van der Waals surface area contributed by atoms with Gasteiger partial charge in [0.05, 0.1) is 11.0 Å². The monoisotopic (exact) mass is 296 g/mol. The highest BCUT2D eigenvalue weighted by atomic mass is 16.5. The van der Waals surface area contributed by atoms with Gasteiger partial charge < -0.3 is 9.47 Å². The Morgan fingerprint density at radius 3 is 1.55 bits per heavy atom. The van der Waals surface area contributed by atoms with Crippen molar-refractivity contribution in [2.24, 2.45) is 0 Å². The largest absolute Gasteiger partial charge is 0.424 e. The summed E-state index contributed by atoms with van der Waals surface area (Å²) in [4.78, 5) is 31.3. The predicted octanol–water partition coefficient (Wildman–Crippen LogP) is 2.63. The van der Waals surface area contributed by atoms with Gasteiger partial charge in [-0.25, -0.2) is 9.97 Å². The topological polar surface area (TPSA) is 78.4 Å². The average Bonchev–Trinajstić information content (AvgIpc) is 2.45. The van der Waals surface area contributed by atoms with E-state index in [1.165, 1.54) is 13.8 Å². The van der Waals surface area contributed by atoms with Crippen molar-refractivity contribution in [2.75, 3.05) is 0 Å². The van der Waals surface area contributed by atoms with E-state index in [2.05, 4.69) is 9.97 Å². The third-order valence-corrected chi connectivity index (χ3v) is 2.93. The minimum Gasteiger partial charge on any atom is -0.424 e. The highest BCUT2D eigenvalue weighted by Crippen LogP contribution is 2.29. The van der Waals surface area contributed by atoms with Crippen molar-refractivity contribution in [1.29, 1.82) is 0 Å². The molecule has 0 unspecified atom stereocenters. The second-order valence-electron chi connectivity index (χ2n) is 4.66. The molecule has 0 aliphatic carbocycles. The second-order valence-corrected chi connectivity index (χ2v) is 4.66. The molecule has 0 spiro atoms. The molecule has 1 heterocycles. The van der Waals surface area contributed by atoms with Crippen LogP contribution in [0.2, 0.25) is 0 Å². The second kappa shape index (κ2) is 5.40. The van der Waals surface area contributed by atoms with Crippen LogP contribution in [0.1, 0.15) is 13.8 Å². The Labute approximate surface area is 125 Å². The highest BCUT2D eigenvalue weighted by Gasteiger charge is 2.12. The lowest BCUT2D eigenvalue weighted by Gasteiger charge is -2.08. The standard InChI is InChI=1S/C16H12N2O4/c1-9(19)21-13-7-3-5-11-15(13)17-12-6-4-8-14(16(12)18-11)22-10(2)20/h3-8H,1-2H3. The SMILES string of the molecule is CC(=O)Oc1cccc2nc3c(OC(C)=O)cccc3nc12. The van der Waals surface area contributed by atoms with Gasteiger partial charge in [-0.2, -0.15) is 0 Å². The first-order valence-electron chi connectivity index (χ1n) is 6.61. The zero-order valence-corrected chi connectivity index (χ0v) is 12.0. The first-order chi connectivity index (χ1) is 10.5. The Bertz CT molecular complexity index is 830. The van der Waals surface area contributed by atoms with E-state index in [0.717, 1.165) is 0 Å². The van der Waals surface area contributed by atoms with Gasteiger partial charge in [-0.15, -0.1) is 0 Å². The number of hydrogen-bond donors (Lipinski definition) is 0. The molecule has 0 amide bonds. The molecule has 0 saturated heterocycles. The average molecular weight is 296 g/mol. The first-order valence-corrected chi connectivity index (χ1v) is 6.61. The summed E-state index contributed by atoms with van der Waals surface area (Å²) < 4.78 is 10.3. The summed E-state index contributed by atoms with van der Waals surface area (Å²) in [5, 5.41) is 0.